The molecular weight excluding hydrogens is 441 g/mol. The minimum absolute atomic E-state index is 0.0854. The van der Waals surface area contributed by atoms with Gasteiger partial charge in [0, 0.05) is 38.2 Å². The molecule has 2 aromatic rings. The van der Waals surface area contributed by atoms with Crippen molar-refractivity contribution in [3.05, 3.63) is 29.7 Å². The van der Waals surface area contributed by atoms with Gasteiger partial charge in [0.1, 0.15) is 17.4 Å². The van der Waals surface area contributed by atoms with Crippen molar-refractivity contribution in [2.45, 2.75) is 46.2 Å². The highest BCUT2D eigenvalue weighted by Gasteiger charge is 2.42. The summed E-state index contributed by atoms with van der Waals surface area (Å²) in [7, 11) is 0. The number of amides is 3. The molecule has 9 nitrogen and oxygen atoms in total. The van der Waals surface area contributed by atoms with Crippen LogP contribution >= 0.6 is 0 Å². The van der Waals surface area contributed by atoms with Crippen LogP contribution in [0.25, 0.3) is 10.9 Å². The first-order chi connectivity index (χ1) is 16.1. The summed E-state index contributed by atoms with van der Waals surface area (Å²) in [4.78, 5) is 39.4. The summed E-state index contributed by atoms with van der Waals surface area (Å²) in [5.74, 6) is -1.80. The molecule has 3 heterocycles. The van der Waals surface area contributed by atoms with E-state index in [-0.39, 0.29) is 42.0 Å². The maximum atomic E-state index is 14.8. The van der Waals surface area contributed by atoms with Gasteiger partial charge in [-0.1, -0.05) is 32.9 Å². The molecule has 34 heavy (non-hydrogen) atoms. The lowest BCUT2D eigenvalue weighted by Gasteiger charge is -2.42. The highest BCUT2D eigenvalue weighted by atomic mass is 19.1. The van der Waals surface area contributed by atoms with Gasteiger partial charge in [0.15, 0.2) is 5.69 Å². The molecule has 3 N–H and O–H groups in total. The number of rotatable bonds is 6. The molecule has 0 aliphatic carbocycles. The topological polar surface area (TPSA) is 120 Å². The lowest BCUT2D eigenvalue weighted by Crippen LogP contribution is -2.62. The second kappa shape index (κ2) is 9.32. The van der Waals surface area contributed by atoms with Crippen LogP contribution in [0.1, 0.15) is 44.1 Å². The average molecular weight is 474 g/mol. The first kappa shape index (κ1) is 24.1. The molecule has 1 aromatic heterocycles. The fraction of sp³-hybridized carbons (Fsp3) is 0.583. The Morgan fingerprint density at radius 2 is 1.91 bits per heavy atom. The first-order valence-electron chi connectivity index (χ1n) is 11.7. The number of hydrogen-bond donors (Lipinski definition) is 2. The van der Waals surface area contributed by atoms with E-state index in [4.69, 9.17) is 10.5 Å². The number of carbonyl (C=O) groups excluding carboxylic acids is 3. The van der Waals surface area contributed by atoms with E-state index in [0.717, 1.165) is 12.8 Å². The molecule has 4 rings (SSSR count). The molecule has 1 aromatic carbocycles. The molecule has 2 saturated heterocycles. The van der Waals surface area contributed by atoms with Gasteiger partial charge in [-0.2, -0.15) is 5.10 Å². The summed E-state index contributed by atoms with van der Waals surface area (Å²) >= 11 is 0. The Labute approximate surface area is 197 Å². The summed E-state index contributed by atoms with van der Waals surface area (Å²) in [5, 5.41) is 7.73. The molecule has 2 aliphatic rings. The number of ether oxygens (including phenoxy) is 1. The lowest BCUT2D eigenvalue weighted by molar-refractivity contribution is -0.145. The maximum Gasteiger partial charge on any atom is 0.273 e. The number of fused-ring (bicyclic) bond motifs is 1. The molecule has 1 unspecified atom stereocenters. The van der Waals surface area contributed by atoms with E-state index < -0.39 is 29.1 Å². The molecule has 0 radical (unpaired) electrons. The summed E-state index contributed by atoms with van der Waals surface area (Å²) < 4.78 is 21.8. The van der Waals surface area contributed by atoms with Crippen molar-refractivity contribution in [2.24, 2.45) is 23.0 Å². The highest BCUT2D eigenvalue weighted by Crippen LogP contribution is 2.28. The molecule has 10 heteroatoms. The molecule has 0 spiro atoms. The van der Waals surface area contributed by atoms with Gasteiger partial charge in [-0.15, -0.1) is 0 Å². The summed E-state index contributed by atoms with van der Waals surface area (Å²) in [6.07, 6.45) is 1.69. The number of nitrogens with two attached hydrogens (primary N) is 1. The minimum Gasteiger partial charge on any atom is -0.381 e. The number of primary amides is 1. The average Bonchev–Trinajstić information content (AvgIpc) is 3.10. The number of aromatic nitrogens is 2. The van der Waals surface area contributed by atoms with Crippen molar-refractivity contribution in [3.8, 4) is 0 Å². The van der Waals surface area contributed by atoms with E-state index >= 15 is 0 Å². The van der Waals surface area contributed by atoms with Gasteiger partial charge in [0.05, 0.1) is 5.92 Å². The van der Waals surface area contributed by atoms with Crippen molar-refractivity contribution in [2.75, 3.05) is 26.3 Å². The van der Waals surface area contributed by atoms with Gasteiger partial charge in [-0.25, -0.2) is 4.39 Å². The second-order valence-corrected chi connectivity index (χ2v) is 10.3. The molecule has 2 fully saturated rings. The van der Waals surface area contributed by atoms with Gasteiger partial charge in [-0.05, 0) is 30.2 Å². The number of halogens is 1. The normalized spacial score (nSPS) is 18.5. The molecule has 0 saturated carbocycles. The molecule has 184 valence electrons. The molecule has 2 aliphatic heterocycles. The van der Waals surface area contributed by atoms with Crippen molar-refractivity contribution in [3.63, 3.8) is 0 Å². The summed E-state index contributed by atoms with van der Waals surface area (Å²) in [5.41, 5.74) is 5.08. The maximum absolute atomic E-state index is 14.8. The smallest absolute Gasteiger partial charge is 0.273 e. The minimum atomic E-state index is -0.849. The Kier molecular flexibility index (Phi) is 6.62. The molecular formula is C24H32FN5O4. The third kappa shape index (κ3) is 4.77. The van der Waals surface area contributed by atoms with Crippen LogP contribution in [0.3, 0.4) is 0 Å². The van der Waals surface area contributed by atoms with Crippen LogP contribution in [0.4, 0.5) is 4.39 Å². The number of hydrogen-bond acceptors (Lipinski definition) is 5. The van der Waals surface area contributed by atoms with Crippen LogP contribution in [0.15, 0.2) is 18.2 Å². The zero-order chi connectivity index (χ0) is 24.6. The Bertz CT molecular complexity index is 1100. The van der Waals surface area contributed by atoms with E-state index in [1.165, 1.54) is 11.0 Å². The zero-order valence-electron chi connectivity index (χ0n) is 19.8. The zero-order valence-corrected chi connectivity index (χ0v) is 19.8. The van der Waals surface area contributed by atoms with Crippen molar-refractivity contribution < 1.29 is 23.5 Å². The van der Waals surface area contributed by atoms with Gasteiger partial charge >= 0.3 is 0 Å². The summed E-state index contributed by atoms with van der Waals surface area (Å²) in [6, 6.07) is 3.72. The Morgan fingerprint density at radius 3 is 2.53 bits per heavy atom. The van der Waals surface area contributed by atoms with Crippen LogP contribution < -0.4 is 11.1 Å². The fourth-order valence-electron chi connectivity index (χ4n) is 4.54. The van der Waals surface area contributed by atoms with E-state index in [1.807, 2.05) is 20.8 Å². The van der Waals surface area contributed by atoms with Crippen molar-refractivity contribution in [1.29, 1.82) is 0 Å². The standard InChI is InChI=1S/C24H32FN5O4/c1-24(2,3)20(23(33)29-12-15(13-29)21(26)31)27-22(32)18-16-5-4-6-17(25)19(16)30(28-18)11-14-7-9-34-10-8-14/h4-6,14-15,20H,7-13H2,1-3H3,(H2,26,31)(H,27,32). The van der Waals surface area contributed by atoms with E-state index in [0.29, 0.717) is 25.1 Å². The Hall–Kier alpha value is -3.01. The largest absolute Gasteiger partial charge is 0.381 e. The number of nitrogens with one attached hydrogen (secondary N) is 1. The third-order valence-electron chi connectivity index (χ3n) is 6.69. The monoisotopic (exact) mass is 473 g/mol. The predicted octanol–water partition coefficient (Wildman–Crippen LogP) is 1.69. The third-order valence-corrected chi connectivity index (χ3v) is 6.69. The van der Waals surface area contributed by atoms with Gasteiger partial charge in [-0.3, -0.25) is 19.1 Å². The Morgan fingerprint density at radius 1 is 1.24 bits per heavy atom. The molecule has 0 bridgehead atoms. The van der Waals surface area contributed by atoms with E-state index in [2.05, 4.69) is 10.4 Å². The number of likely N-dealkylation sites (tertiary alicyclic amines) is 1. The van der Waals surface area contributed by atoms with Crippen LogP contribution in [-0.4, -0.2) is 64.7 Å². The number of carbonyl (C=O) groups is 3. The predicted molar refractivity (Wildman–Crippen MR) is 123 cm³/mol. The number of benzene rings is 1. The number of nitrogens with zero attached hydrogens (tertiary/aromatic N) is 3. The highest BCUT2D eigenvalue weighted by molar-refractivity contribution is 6.06. The van der Waals surface area contributed by atoms with Crippen molar-refractivity contribution >= 4 is 28.6 Å². The lowest BCUT2D eigenvalue weighted by atomic mass is 9.84. The quantitative estimate of drug-likeness (QED) is 0.662. The van der Waals surface area contributed by atoms with Crippen molar-refractivity contribution in [1.82, 2.24) is 20.0 Å². The van der Waals surface area contributed by atoms with Crippen LogP contribution in [0.2, 0.25) is 0 Å². The SMILES string of the molecule is CC(C)(C)C(NC(=O)c1nn(CC2CCOCC2)c2c(F)cccc12)C(=O)N1CC(C(N)=O)C1. The number of para-hydroxylation sites is 1. The first-order valence-corrected chi connectivity index (χ1v) is 11.7. The van der Waals surface area contributed by atoms with Gasteiger partial charge in [0.2, 0.25) is 11.8 Å². The van der Waals surface area contributed by atoms with Crippen LogP contribution in [0.5, 0.6) is 0 Å². The van der Waals surface area contributed by atoms with Crippen LogP contribution in [-0.2, 0) is 20.9 Å². The van der Waals surface area contributed by atoms with Crippen LogP contribution in [0, 0.1) is 23.1 Å². The summed E-state index contributed by atoms with van der Waals surface area (Å²) in [6.45, 7) is 7.82. The second-order valence-electron chi connectivity index (χ2n) is 10.3. The Balaban J connectivity index is 1.59. The van der Waals surface area contributed by atoms with E-state index in [9.17, 15) is 18.8 Å². The van der Waals surface area contributed by atoms with Gasteiger partial charge < -0.3 is 20.7 Å². The van der Waals surface area contributed by atoms with E-state index in [1.54, 1.807) is 16.8 Å². The molecule has 1 atom stereocenters. The molecule has 3 amide bonds. The van der Waals surface area contributed by atoms with Gasteiger partial charge in [0.25, 0.3) is 5.91 Å². The fourth-order valence-corrected chi connectivity index (χ4v) is 4.54.